The number of hydrogen-bond acceptors (Lipinski definition) is 11. The van der Waals surface area contributed by atoms with Gasteiger partial charge < -0.3 is 57.4 Å². The zero-order chi connectivity index (χ0) is 41.4. The zero-order valence-corrected chi connectivity index (χ0v) is 44.7. The van der Waals surface area contributed by atoms with E-state index in [1.807, 2.05) is 0 Å². The molecule has 328 valence electrons. The number of rotatable bonds is 26. The monoisotopic (exact) mass is 916 g/mol. The molecule has 15 heteroatoms. The average Bonchev–Trinajstić information content (AvgIpc) is 3.67. The second-order valence-electron chi connectivity index (χ2n) is 16.2. The molecule has 0 fully saturated rings. The molecule has 0 atom stereocenters. The Hall–Kier alpha value is -0.727. The molecule has 0 unspecified atom stereocenters. The van der Waals surface area contributed by atoms with Crippen molar-refractivity contribution in [2.75, 3.05) is 39.6 Å². The van der Waals surface area contributed by atoms with Gasteiger partial charge in [-0.2, -0.15) is 0 Å². The van der Waals surface area contributed by atoms with Crippen molar-refractivity contribution in [1.82, 2.24) is 9.13 Å². The molecular formula is C46H66K2N2O10S. The van der Waals surface area contributed by atoms with E-state index in [0.717, 1.165) is 51.4 Å². The van der Waals surface area contributed by atoms with E-state index in [-0.39, 0.29) is 139 Å². The normalized spacial score (nSPS) is 14.1. The van der Waals surface area contributed by atoms with Crippen LogP contribution in [0.4, 0.5) is 0 Å². The van der Waals surface area contributed by atoms with Crippen molar-refractivity contribution in [2.45, 2.75) is 168 Å². The summed E-state index contributed by atoms with van der Waals surface area (Å²) < 4.78 is 41.2. The van der Waals surface area contributed by atoms with Crippen LogP contribution < -0.4 is 141 Å². The molecule has 0 saturated carbocycles. The van der Waals surface area contributed by atoms with E-state index in [1.165, 1.54) is 88.4 Å². The fourth-order valence-corrected chi connectivity index (χ4v) is 9.87. The Morgan fingerprint density at radius 3 is 1.07 bits per heavy atom. The van der Waals surface area contributed by atoms with Gasteiger partial charge in [-0.25, -0.2) is 0 Å². The van der Waals surface area contributed by atoms with E-state index in [1.54, 1.807) is 9.13 Å². The Kier molecular flexibility index (Phi) is 24.6. The van der Waals surface area contributed by atoms with Crippen LogP contribution in [0.5, 0.6) is 34.5 Å². The Morgan fingerprint density at radius 1 is 0.443 bits per heavy atom. The van der Waals surface area contributed by atoms with E-state index in [4.69, 9.17) is 28.4 Å². The van der Waals surface area contributed by atoms with Crippen LogP contribution in [0.3, 0.4) is 0 Å². The topological polar surface area (TPSA) is 146 Å². The maximum atomic E-state index is 13.0. The minimum absolute atomic E-state index is 0. The van der Waals surface area contributed by atoms with Crippen LogP contribution in [0.25, 0.3) is 21.1 Å². The average molecular weight is 917 g/mol. The minimum atomic E-state index is -1.34. The van der Waals surface area contributed by atoms with Gasteiger partial charge in [-0.05, 0) is 12.8 Å². The van der Waals surface area contributed by atoms with Gasteiger partial charge in [-0.3, -0.25) is 0 Å². The van der Waals surface area contributed by atoms with Crippen molar-refractivity contribution in [3.05, 3.63) is 11.4 Å². The number of nitrogens with zero attached hydrogens (tertiary/aromatic N) is 2. The van der Waals surface area contributed by atoms with Crippen LogP contribution in [0.15, 0.2) is 0 Å². The Balaban J connectivity index is 0.00000410. The van der Waals surface area contributed by atoms with Gasteiger partial charge in [0.15, 0.2) is 34.5 Å². The molecule has 6 rings (SSSR count). The molecule has 3 aliphatic heterocycles. The first-order valence-electron chi connectivity index (χ1n) is 22.9. The number of ether oxygens (including phenoxy) is 6. The number of carboxylic acids is 2. The third kappa shape index (κ3) is 13.9. The number of aromatic nitrogens is 2. The summed E-state index contributed by atoms with van der Waals surface area (Å²) >= 11 is 1.35. The molecule has 6 heterocycles. The molecule has 0 amide bonds. The molecular weight excluding hydrogens is 851 g/mol. The number of hydrogen-bond donors (Lipinski definition) is 0. The summed E-state index contributed by atoms with van der Waals surface area (Å²) in [5.74, 6) is -0.771. The van der Waals surface area contributed by atoms with Crippen molar-refractivity contribution >= 4 is 23.3 Å². The molecule has 3 aliphatic rings. The number of unbranched alkanes of at least 4 members (excludes halogenated alkanes) is 18. The van der Waals surface area contributed by atoms with E-state index in [0.29, 0.717) is 96.5 Å². The van der Waals surface area contributed by atoms with Crippen LogP contribution in [0.2, 0.25) is 0 Å². The van der Waals surface area contributed by atoms with Crippen LogP contribution in [-0.4, -0.2) is 60.7 Å². The fourth-order valence-electron chi connectivity index (χ4n) is 8.58. The number of thiophene rings is 1. The molecule has 3 aromatic heterocycles. The number of fused-ring (bicyclic) bond motifs is 3. The maximum absolute atomic E-state index is 13.0. The smallest absolute Gasteiger partial charge is 0.543 e. The first-order valence-corrected chi connectivity index (χ1v) is 23.7. The van der Waals surface area contributed by atoms with E-state index in [9.17, 15) is 19.8 Å². The van der Waals surface area contributed by atoms with Crippen molar-refractivity contribution in [3.63, 3.8) is 0 Å². The molecule has 0 radical (unpaired) electrons. The van der Waals surface area contributed by atoms with Crippen LogP contribution in [0, 0.1) is 0 Å². The number of carbonyl (C=O) groups is 2. The molecule has 12 nitrogen and oxygen atoms in total. The third-order valence-corrected chi connectivity index (χ3v) is 12.8. The van der Waals surface area contributed by atoms with Crippen molar-refractivity contribution in [3.8, 4) is 55.6 Å². The SMILES string of the molecule is CCCCCCCCCCCCn1c(C(=O)[O-])c2c(c1-c1sc(-c3c4c(c(C(=O)[O-])n3CCCCCCCCCCCC)OCCCO4)c3c1OCCO3)OCCCO2.[K+].[K+]. The Morgan fingerprint density at radius 2 is 0.738 bits per heavy atom. The maximum Gasteiger partial charge on any atom is 1.00 e. The molecule has 0 saturated heterocycles. The van der Waals surface area contributed by atoms with Gasteiger partial charge in [0.05, 0.1) is 38.4 Å². The molecule has 0 aromatic carbocycles. The molecule has 0 spiro atoms. The molecule has 0 bridgehead atoms. The summed E-state index contributed by atoms with van der Waals surface area (Å²) in [5.41, 5.74) is 0.960. The third-order valence-electron chi connectivity index (χ3n) is 11.6. The van der Waals surface area contributed by atoms with E-state index >= 15 is 0 Å². The van der Waals surface area contributed by atoms with Crippen LogP contribution in [-0.2, 0) is 13.1 Å². The summed E-state index contributed by atoms with van der Waals surface area (Å²) in [7, 11) is 0. The van der Waals surface area contributed by atoms with Crippen LogP contribution >= 0.6 is 11.3 Å². The van der Waals surface area contributed by atoms with Gasteiger partial charge in [0.2, 0.25) is 0 Å². The quantitative estimate of drug-likeness (QED) is 0.0869. The predicted octanol–water partition coefficient (Wildman–Crippen LogP) is 3.36. The van der Waals surface area contributed by atoms with Gasteiger partial charge in [0.1, 0.15) is 45.7 Å². The van der Waals surface area contributed by atoms with Gasteiger partial charge in [0, 0.05) is 25.9 Å². The van der Waals surface area contributed by atoms with Gasteiger partial charge in [0.25, 0.3) is 0 Å². The first kappa shape index (κ1) is 52.9. The number of carboxylic acid groups (broad SMARTS) is 2. The molecule has 3 aromatic rings. The molecule has 0 aliphatic carbocycles. The van der Waals surface area contributed by atoms with Crippen molar-refractivity contribution < 1.29 is 151 Å². The summed E-state index contributed by atoms with van der Waals surface area (Å²) in [4.78, 5) is 27.2. The summed E-state index contributed by atoms with van der Waals surface area (Å²) in [6.45, 7) is 7.17. The summed E-state index contributed by atoms with van der Waals surface area (Å²) in [6, 6.07) is 0. The zero-order valence-electron chi connectivity index (χ0n) is 37.6. The fraction of sp³-hybridized carbons (Fsp3) is 0.696. The van der Waals surface area contributed by atoms with Crippen molar-refractivity contribution in [2.24, 2.45) is 0 Å². The number of carbonyl (C=O) groups excluding carboxylic acids is 2. The largest absolute Gasteiger partial charge is 1.00 e. The van der Waals surface area contributed by atoms with E-state index < -0.39 is 11.9 Å². The van der Waals surface area contributed by atoms with Gasteiger partial charge in [-0.1, -0.05) is 129 Å². The standard InChI is InChI=1S/C46H68N2O10S.2K/c1-3-5-7-9-11-13-15-17-19-21-25-47-33(37-39(35(47)45(49)50)55-29-23-27-53-37)43-41-42(58-32-31-57-41)44(59-43)34-38-40(56-30-24-28-54-38)36(46(51)52)48(34)26-22-20-18-16-14-12-10-8-6-4-2;;/h3-32H2,1-2H3,(H,49,50)(H,51,52);;/q;2*+1/p-2. The minimum Gasteiger partial charge on any atom is -0.543 e. The predicted molar refractivity (Wildman–Crippen MR) is 226 cm³/mol. The van der Waals surface area contributed by atoms with Gasteiger partial charge in [-0.15, -0.1) is 11.3 Å². The number of aromatic carboxylic acids is 2. The second kappa shape index (κ2) is 28.3. The molecule has 61 heavy (non-hydrogen) atoms. The summed E-state index contributed by atoms with van der Waals surface area (Å²) in [5, 5.41) is 25.9. The Bertz CT molecular complexity index is 1690. The van der Waals surface area contributed by atoms with E-state index in [2.05, 4.69) is 13.8 Å². The van der Waals surface area contributed by atoms with Gasteiger partial charge >= 0.3 is 103 Å². The first-order chi connectivity index (χ1) is 29.0. The van der Waals surface area contributed by atoms with Crippen LogP contribution in [0.1, 0.15) is 176 Å². The summed E-state index contributed by atoms with van der Waals surface area (Å²) in [6.07, 6.45) is 24.1. The van der Waals surface area contributed by atoms with Crippen molar-refractivity contribution in [1.29, 1.82) is 0 Å². The Labute approximate surface area is 452 Å². The molecule has 0 N–H and O–H groups in total. The second-order valence-corrected chi connectivity index (χ2v) is 17.2.